The Morgan fingerprint density at radius 2 is 1.44 bits per heavy atom. The number of unbranched alkanes of at least 4 members (excludes halogenated alkanes) is 3. The third-order valence-electron chi connectivity index (χ3n) is 4.93. The van der Waals surface area contributed by atoms with Crippen LogP contribution in [0.1, 0.15) is 49.3 Å². The van der Waals surface area contributed by atoms with Crippen LogP contribution in [0.5, 0.6) is 0 Å². The average molecular weight is 444 g/mol. The number of halogens is 2. The van der Waals surface area contributed by atoms with Crippen LogP contribution in [0.25, 0.3) is 23.3 Å². The summed E-state index contributed by atoms with van der Waals surface area (Å²) in [6.45, 7) is 2.19. The fourth-order valence-electron chi connectivity index (χ4n) is 3.19. The number of aliphatic imine (C=N–C) groups is 1. The van der Waals surface area contributed by atoms with Crippen LogP contribution in [-0.4, -0.2) is 5.16 Å². The molecule has 0 atom stereocenters. The Labute approximate surface area is 193 Å². The highest BCUT2D eigenvalue weighted by atomic mass is 32.1. The normalized spacial score (nSPS) is 10.5. The summed E-state index contributed by atoms with van der Waals surface area (Å²) >= 11 is 4.41. The van der Waals surface area contributed by atoms with Gasteiger partial charge in [0.2, 0.25) is 0 Å². The molecule has 0 fully saturated rings. The number of hydrogen-bond donors (Lipinski definition) is 0. The minimum absolute atomic E-state index is 0.402. The van der Waals surface area contributed by atoms with Crippen molar-refractivity contribution in [3.8, 4) is 23.0 Å². The lowest BCUT2D eigenvalue weighted by atomic mass is 10.0. The van der Waals surface area contributed by atoms with Gasteiger partial charge in [-0.3, -0.25) is 0 Å². The Balaban J connectivity index is 1.67. The van der Waals surface area contributed by atoms with Crippen molar-refractivity contribution < 1.29 is 8.78 Å². The molecule has 0 radical (unpaired) electrons. The summed E-state index contributed by atoms with van der Waals surface area (Å²) in [7, 11) is 0. The minimum Gasteiger partial charge on any atom is -0.204 e. The van der Waals surface area contributed by atoms with Crippen LogP contribution in [0.15, 0.2) is 65.7 Å². The van der Waals surface area contributed by atoms with Gasteiger partial charge in [0.05, 0.1) is 5.16 Å². The van der Waals surface area contributed by atoms with Crippen LogP contribution in [0.2, 0.25) is 0 Å². The largest absolute Gasteiger partial charge is 0.204 e. The topological polar surface area (TPSA) is 12.4 Å². The van der Waals surface area contributed by atoms with Gasteiger partial charge in [0, 0.05) is 12.0 Å². The molecule has 3 aromatic rings. The molecule has 160 valence electrons. The van der Waals surface area contributed by atoms with E-state index in [-0.39, 0.29) is 0 Å². The van der Waals surface area contributed by atoms with E-state index >= 15 is 0 Å². The van der Waals surface area contributed by atoms with Crippen molar-refractivity contribution in [2.75, 3.05) is 0 Å². The quantitative estimate of drug-likeness (QED) is 0.117. The molecule has 1 nitrogen and oxygen atoms in total. The molecule has 0 saturated carbocycles. The fraction of sp³-hybridized carbons (Fsp3) is 0.179. The molecule has 0 bridgehead atoms. The summed E-state index contributed by atoms with van der Waals surface area (Å²) in [4.78, 5) is 3.42. The molecule has 32 heavy (non-hydrogen) atoms. The summed E-state index contributed by atoms with van der Waals surface area (Å²) in [6, 6.07) is 18.6. The molecule has 3 rings (SSSR count). The standard InChI is InChI=1S/C28H23F2NS/c1-2-3-4-5-6-7-21-10-14-24(15-11-21)25-16-12-22(13-17-25)8-9-23-18-26(29)28(31-20-32)27(30)19-23/h8-19H,2-5H2,1H3/b9-8+. The lowest BCUT2D eigenvalue weighted by molar-refractivity contribution is 0.587. The van der Waals surface area contributed by atoms with Gasteiger partial charge in [0.25, 0.3) is 0 Å². The molecule has 0 aliphatic heterocycles. The van der Waals surface area contributed by atoms with E-state index in [1.165, 1.54) is 25.0 Å². The van der Waals surface area contributed by atoms with Crippen molar-refractivity contribution in [1.82, 2.24) is 0 Å². The maximum atomic E-state index is 13.9. The van der Waals surface area contributed by atoms with E-state index < -0.39 is 17.3 Å². The van der Waals surface area contributed by atoms with Gasteiger partial charge in [0.1, 0.15) is 5.69 Å². The first-order valence-electron chi connectivity index (χ1n) is 10.5. The van der Waals surface area contributed by atoms with Crippen molar-refractivity contribution in [1.29, 1.82) is 0 Å². The molecule has 0 heterocycles. The van der Waals surface area contributed by atoms with E-state index in [0.29, 0.717) is 5.56 Å². The third kappa shape index (κ3) is 6.56. The summed E-state index contributed by atoms with van der Waals surface area (Å²) < 4.78 is 27.9. The minimum atomic E-state index is -0.772. The second-order valence-electron chi connectivity index (χ2n) is 7.33. The first-order valence-corrected chi connectivity index (χ1v) is 11.0. The summed E-state index contributed by atoms with van der Waals surface area (Å²) in [5.74, 6) is 4.90. The number of hydrogen-bond acceptors (Lipinski definition) is 2. The number of nitrogens with zero attached hydrogens (tertiary/aromatic N) is 1. The molecule has 3 aromatic carbocycles. The Morgan fingerprint density at radius 1 is 0.844 bits per heavy atom. The third-order valence-corrected chi connectivity index (χ3v) is 5.02. The molecule has 0 aromatic heterocycles. The predicted molar refractivity (Wildman–Crippen MR) is 133 cm³/mol. The van der Waals surface area contributed by atoms with Crippen molar-refractivity contribution in [3.05, 3.63) is 89.0 Å². The van der Waals surface area contributed by atoms with E-state index in [0.717, 1.165) is 35.1 Å². The van der Waals surface area contributed by atoms with E-state index in [2.05, 4.69) is 48.1 Å². The Morgan fingerprint density at radius 3 is 2.03 bits per heavy atom. The first kappa shape index (κ1) is 23.3. The Kier molecular flexibility index (Phi) is 8.63. The van der Waals surface area contributed by atoms with Crippen LogP contribution in [0, 0.1) is 23.5 Å². The van der Waals surface area contributed by atoms with Gasteiger partial charge in [-0.05, 0) is 65.2 Å². The van der Waals surface area contributed by atoms with Crippen LogP contribution in [0.4, 0.5) is 14.5 Å². The van der Waals surface area contributed by atoms with Crippen molar-refractivity contribution >= 4 is 35.2 Å². The lowest BCUT2D eigenvalue weighted by Crippen LogP contribution is -1.85. The summed E-state index contributed by atoms with van der Waals surface area (Å²) in [5.41, 5.74) is 4.12. The van der Waals surface area contributed by atoms with E-state index in [4.69, 9.17) is 0 Å². The molecular weight excluding hydrogens is 420 g/mol. The highest BCUT2D eigenvalue weighted by molar-refractivity contribution is 7.78. The molecule has 0 saturated heterocycles. The van der Waals surface area contributed by atoms with Gasteiger partial charge < -0.3 is 0 Å². The van der Waals surface area contributed by atoms with Gasteiger partial charge >= 0.3 is 0 Å². The molecule has 4 heteroatoms. The molecule has 0 N–H and O–H groups in total. The summed E-state index contributed by atoms with van der Waals surface area (Å²) in [6.07, 6.45) is 7.98. The molecule has 0 aliphatic carbocycles. The fourth-order valence-corrected chi connectivity index (χ4v) is 3.28. The van der Waals surface area contributed by atoms with E-state index in [9.17, 15) is 8.78 Å². The predicted octanol–water partition coefficient (Wildman–Crippen LogP) is 8.47. The van der Waals surface area contributed by atoms with Crippen LogP contribution < -0.4 is 0 Å². The highest BCUT2D eigenvalue weighted by Crippen LogP contribution is 2.25. The zero-order valence-corrected chi connectivity index (χ0v) is 18.7. The SMILES string of the molecule is CCCCCC#Cc1ccc(-c2ccc(/C=C/c3cc(F)c(N=C=S)c(F)c3)cc2)cc1. The zero-order valence-electron chi connectivity index (χ0n) is 17.9. The van der Waals surface area contributed by atoms with Crippen molar-refractivity contribution in [3.63, 3.8) is 0 Å². The van der Waals surface area contributed by atoms with E-state index in [1.54, 1.807) is 12.2 Å². The molecular formula is C28H23F2NS. The average Bonchev–Trinajstić information content (AvgIpc) is 2.81. The molecule has 0 unspecified atom stereocenters. The number of isothiocyanates is 1. The van der Waals surface area contributed by atoms with Gasteiger partial charge in [-0.1, -0.05) is 80.2 Å². The molecule has 0 aliphatic rings. The Hall–Kier alpha value is -3.38. The monoisotopic (exact) mass is 443 g/mol. The lowest BCUT2D eigenvalue weighted by Gasteiger charge is -2.03. The smallest absolute Gasteiger partial charge is 0.153 e. The van der Waals surface area contributed by atoms with Gasteiger partial charge in [-0.25, -0.2) is 8.78 Å². The highest BCUT2D eigenvalue weighted by Gasteiger charge is 2.09. The van der Waals surface area contributed by atoms with Crippen molar-refractivity contribution in [2.45, 2.75) is 32.6 Å². The number of benzene rings is 3. The maximum Gasteiger partial charge on any atom is 0.153 e. The van der Waals surface area contributed by atoms with Gasteiger partial charge in [-0.2, -0.15) is 4.99 Å². The second-order valence-corrected chi connectivity index (χ2v) is 7.51. The molecule has 0 spiro atoms. The first-order chi connectivity index (χ1) is 15.6. The van der Waals surface area contributed by atoms with Gasteiger partial charge in [0.15, 0.2) is 11.6 Å². The van der Waals surface area contributed by atoms with E-state index in [1.807, 2.05) is 41.6 Å². The van der Waals surface area contributed by atoms with Crippen molar-refractivity contribution in [2.24, 2.45) is 4.99 Å². The van der Waals surface area contributed by atoms with Crippen LogP contribution >= 0.6 is 12.2 Å². The zero-order chi connectivity index (χ0) is 22.8. The summed E-state index contributed by atoms with van der Waals surface area (Å²) in [5, 5.41) is 1.98. The number of rotatable bonds is 7. The maximum absolute atomic E-state index is 13.9. The molecule has 0 amide bonds. The van der Waals surface area contributed by atoms with Gasteiger partial charge in [-0.15, -0.1) is 0 Å². The number of thiocarbonyl (C=S) groups is 1. The second kappa shape index (κ2) is 11.9. The van der Waals surface area contributed by atoms with Crippen LogP contribution in [0.3, 0.4) is 0 Å². The Bertz CT molecular complexity index is 1170. The van der Waals surface area contributed by atoms with Crippen LogP contribution in [-0.2, 0) is 0 Å².